The maximum absolute atomic E-state index is 11.6. The topological polar surface area (TPSA) is 74.5 Å². The van der Waals surface area contributed by atoms with E-state index in [4.69, 9.17) is 14.0 Å². The third-order valence-corrected chi connectivity index (χ3v) is 3.44. The summed E-state index contributed by atoms with van der Waals surface area (Å²) < 4.78 is 15.5. The molecule has 2 aromatic heterocycles. The van der Waals surface area contributed by atoms with Gasteiger partial charge in [0.15, 0.2) is 5.75 Å². The second kappa shape index (κ2) is 5.71. The van der Waals surface area contributed by atoms with E-state index in [9.17, 15) is 4.79 Å². The average molecular weight is 290 g/mol. The molecular formula is C15H18N2O4. The molecule has 2 heterocycles. The van der Waals surface area contributed by atoms with E-state index in [2.05, 4.69) is 17.1 Å². The monoisotopic (exact) mass is 290 g/mol. The maximum atomic E-state index is 11.6. The summed E-state index contributed by atoms with van der Waals surface area (Å²) in [6.07, 6.45) is 3.16. The lowest BCUT2D eigenvalue weighted by molar-refractivity contribution is 0.105. The number of carbonyl (C=O) groups excluding carboxylic acids is 1. The number of hydrogen-bond acceptors (Lipinski definition) is 6. The lowest BCUT2D eigenvalue weighted by Crippen LogP contribution is -2.11. The lowest BCUT2D eigenvalue weighted by atomic mass is 10.1. The first-order valence-electron chi connectivity index (χ1n) is 7.36. The smallest absolute Gasteiger partial charge is 0.434 e. The van der Waals surface area contributed by atoms with Crippen LogP contribution in [-0.2, 0) is 11.2 Å². The molecule has 0 radical (unpaired) electrons. The van der Waals surface area contributed by atoms with E-state index < -0.39 is 6.16 Å². The predicted octanol–water partition coefficient (Wildman–Crippen LogP) is 3.59. The largest absolute Gasteiger partial charge is 0.513 e. The molecule has 0 aliphatic heterocycles. The van der Waals surface area contributed by atoms with Crippen LogP contribution in [0.4, 0.5) is 4.79 Å². The third kappa shape index (κ3) is 2.84. The molecule has 6 heteroatoms. The minimum Gasteiger partial charge on any atom is -0.434 e. The standard InChI is InChI=1S/C15H18N2O4/c1-3-5-10-13-12(20-15(18)19-4-2)8-11(9-6-7-9)16-14(13)21-17-10/h8-9H,3-7H2,1-2H3. The summed E-state index contributed by atoms with van der Waals surface area (Å²) in [4.78, 5) is 16.1. The molecule has 0 spiro atoms. The fraction of sp³-hybridized carbons (Fsp3) is 0.533. The summed E-state index contributed by atoms with van der Waals surface area (Å²) in [5.41, 5.74) is 2.09. The van der Waals surface area contributed by atoms with Gasteiger partial charge in [0.1, 0.15) is 5.39 Å². The first kappa shape index (κ1) is 13.9. The van der Waals surface area contributed by atoms with Gasteiger partial charge in [0, 0.05) is 12.0 Å². The molecule has 0 aromatic carbocycles. The Hall–Kier alpha value is -2.11. The van der Waals surface area contributed by atoms with Crippen molar-refractivity contribution < 1.29 is 18.8 Å². The normalized spacial score (nSPS) is 14.4. The highest BCUT2D eigenvalue weighted by molar-refractivity contribution is 5.86. The molecule has 3 rings (SSSR count). The van der Waals surface area contributed by atoms with Crippen LogP contribution in [0.5, 0.6) is 5.75 Å². The molecule has 0 amide bonds. The Morgan fingerprint density at radius 3 is 2.90 bits per heavy atom. The SMILES string of the molecule is CCCc1noc2nc(C3CC3)cc(OC(=O)OCC)c12. The lowest BCUT2D eigenvalue weighted by Gasteiger charge is -2.07. The Morgan fingerprint density at radius 1 is 1.43 bits per heavy atom. The number of aromatic nitrogens is 2. The van der Waals surface area contributed by atoms with Crippen molar-refractivity contribution in [2.24, 2.45) is 0 Å². The van der Waals surface area contributed by atoms with Crippen LogP contribution in [0.2, 0.25) is 0 Å². The van der Waals surface area contributed by atoms with Gasteiger partial charge in [-0.1, -0.05) is 18.5 Å². The molecule has 0 atom stereocenters. The van der Waals surface area contributed by atoms with Crippen LogP contribution in [0, 0.1) is 0 Å². The van der Waals surface area contributed by atoms with Crippen LogP contribution < -0.4 is 4.74 Å². The van der Waals surface area contributed by atoms with Crippen molar-refractivity contribution in [1.82, 2.24) is 10.1 Å². The van der Waals surface area contributed by atoms with Gasteiger partial charge in [-0.25, -0.2) is 9.78 Å². The summed E-state index contributed by atoms with van der Waals surface area (Å²) in [5.74, 6) is 0.865. The molecule has 2 aromatic rings. The Bertz CT molecular complexity index is 661. The molecule has 0 N–H and O–H groups in total. The molecule has 0 saturated heterocycles. The number of carbonyl (C=O) groups is 1. The zero-order valence-corrected chi connectivity index (χ0v) is 12.2. The van der Waals surface area contributed by atoms with E-state index in [0.717, 1.165) is 37.1 Å². The van der Waals surface area contributed by atoms with Gasteiger partial charge in [0.2, 0.25) is 0 Å². The van der Waals surface area contributed by atoms with Crippen molar-refractivity contribution in [2.75, 3.05) is 6.61 Å². The molecule has 0 unspecified atom stereocenters. The Labute approximate surface area is 122 Å². The van der Waals surface area contributed by atoms with E-state index in [0.29, 0.717) is 22.8 Å². The zero-order chi connectivity index (χ0) is 14.8. The third-order valence-electron chi connectivity index (χ3n) is 3.44. The Morgan fingerprint density at radius 2 is 2.24 bits per heavy atom. The molecule has 1 aliphatic rings. The molecule has 6 nitrogen and oxygen atoms in total. The quantitative estimate of drug-likeness (QED) is 0.783. The predicted molar refractivity (Wildman–Crippen MR) is 75.4 cm³/mol. The first-order chi connectivity index (χ1) is 10.2. The van der Waals surface area contributed by atoms with E-state index in [1.165, 1.54) is 0 Å². The number of hydrogen-bond donors (Lipinski definition) is 0. The van der Waals surface area contributed by atoms with E-state index in [1.54, 1.807) is 6.92 Å². The maximum Gasteiger partial charge on any atom is 0.513 e. The summed E-state index contributed by atoms with van der Waals surface area (Å²) in [5, 5.41) is 4.73. The number of nitrogens with zero attached hydrogens (tertiary/aromatic N) is 2. The molecule has 1 aliphatic carbocycles. The summed E-state index contributed by atoms with van der Waals surface area (Å²) in [6, 6.07) is 1.81. The van der Waals surface area contributed by atoms with Gasteiger partial charge in [-0.15, -0.1) is 0 Å². The number of aryl methyl sites for hydroxylation is 1. The number of pyridine rings is 1. The highest BCUT2D eigenvalue weighted by atomic mass is 16.7. The molecular weight excluding hydrogens is 272 g/mol. The first-order valence-corrected chi connectivity index (χ1v) is 7.36. The van der Waals surface area contributed by atoms with E-state index >= 15 is 0 Å². The highest BCUT2D eigenvalue weighted by Crippen LogP contribution is 2.42. The van der Waals surface area contributed by atoms with Crippen molar-refractivity contribution in [3.05, 3.63) is 17.5 Å². The van der Waals surface area contributed by atoms with Gasteiger partial charge >= 0.3 is 6.16 Å². The second-order valence-corrected chi connectivity index (χ2v) is 5.16. The summed E-state index contributed by atoms with van der Waals surface area (Å²) in [7, 11) is 0. The summed E-state index contributed by atoms with van der Waals surface area (Å²) in [6.45, 7) is 4.06. The minimum absolute atomic E-state index is 0.272. The average Bonchev–Trinajstić information content (AvgIpc) is 3.22. The Balaban J connectivity index is 2.03. The van der Waals surface area contributed by atoms with Crippen molar-refractivity contribution in [3.8, 4) is 5.75 Å². The molecule has 0 bridgehead atoms. The fourth-order valence-electron chi connectivity index (χ4n) is 2.31. The van der Waals surface area contributed by atoms with Crippen LogP contribution in [0.25, 0.3) is 11.1 Å². The van der Waals surface area contributed by atoms with Crippen molar-refractivity contribution in [3.63, 3.8) is 0 Å². The zero-order valence-electron chi connectivity index (χ0n) is 12.2. The van der Waals surface area contributed by atoms with Crippen LogP contribution in [-0.4, -0.2) is 22.9 Å². The van der Waals surface area contributed by atoms with E-state index in [-0.39, 0.29) is 6.61 Å². The van der Waals surface area contributed by atoms with E-state index in [1.807, 2.05) is 6.07 Å². The van der Waals surface area contributed by atoms with Crippen LogP contribution in [0.15, 0.2) is 10.6 Å². The van der Waals surface area contributed by atoms with Gasteiger partial charge in [0.25, 0.3) is 5.71 Å². The summed E-state index contributed by atoms with van der Waals surface area (Å²) >= 11 is 0. The molecule has 1 saturated carbocycles. The second-order valence-electron chi connectivity index (χ2n) is 5.16. The van der Waals surface area contributed by atoms with Crippen molar-refractivity contribution in [2.45, 2.75) is 45.4 Å². The fourth-order valence-corrected chi connectivity index (χ4v) is 2.31. The van der Waals surface area contributed by atoms with Crippen molar-refractivity contribution in [1.29, 1.82) is 0 Å². The molecule has 1 fully saturated rings. The minimum atomic E-state index is -0.713. The van der Waals surface area contributed by atoms with Crippen molar-refractivity contribution >= 4 is 17.3 Å². The Kier molecular flexibility index (Phi) is 3.77. The number of fused-ring (bicyclic) bond motifs is 1. The van der Waals surface area contributed by atoms with Crippen LogP contribution in [0.3, 0.4) is 0 Å². The highest BCUT2D eigenvalue weighted by Gasteiger charge is 2.28. The van der Waals surface area contributed by atoms with Gasteiger partial charge in [-0.05, 0) is 26.2 Å². The molecule has 112 valence electrons. The van der Waals surface area contributed by atoms with Crippen LogP contribution in [0.1, 0.15) is 50.4 Å². The van der Waals surface area contributed by atoms with Gasteiger partial charge < -0.3 is 14.0 Å². The van der Waals surface area contributed by atoms with Gasteiger partial charge in [0.05, 0.1) is 18.0 Å². The van der Waals surface area contributed by atoms with Crippen LogP contribution >= 0.6 is 0 Å². The van der Waals surface area contributed by atoms with Gasteiger partial charge in [-0.2, -0.15) is 0 Å². The number of rotatable bonds is 5. The number of ether oxygens (including phenoxy) is 2. The molecule has 21 heavy (non-hydrogen) atoms. The van der Waals surface area contributed by atoms with Gasteiger partial charge in [-0.3, -0.25) is 0 Å².